The van der Waals surface area contributed by atoms with Crippen LogP contribution in [0.4, 0.5) is 8.78 Å². The quantitative estimate of drug-likeness (QED) is 0.532. The highest BCUT2D eigenvalue weighted by atomic mass is 19.1. The van der Waals surface area contributed by atoms with E-state index < -0.39 is 17.4 Å². The van der Waals surface area contributed by atoms with Crippen molar-refractivity contribution in [3.8, 4) is 5.75 Å². The van der Waals surface area contributed by atoms with Crippen molar-refractivity contribution in [2.75, 3.05) is 7.11 Å². The van der Waals surface area contributed by atoms with E-state index in [9.17, 15) is 8.78 Å². The number of methoxy groups -OCH3 is 1. The number of unbranched alkanes of at least 4 members (excludes halogenated alkanes) is 1. The molecule has 0 aliphatic carbocycles. The van der Waals surface area contributed by atoms with Gasteiger partial charge in [-0.1, -0.05) is 37.6 Å². The van der Waals surface area contributed by atoms with E-state index >= 15 is 0 Å². The standard InChI is InChI=1S/C19H20F2N2O/c1-3-4-5-14-6-8-15(9-7-14)12-22-23-13-16-10-17(20)19(24-2)18(21)11-16/h6-13H,3-5H2,1-2H3/b22-12+,23-13+. The van der Waals surface area contributed by atoms with Gasteiger partial charge in [0, 0.05) is 5.56 Å². The number of hydrogen-bond acceptors (Lipinski definition) is 3. The highest BCUT2D eigenvalue weighted by Crippen LogP contribution is 2.22. The molecule has 0 aliphatic rings. The summed E-state index contributed by atoms with van der Waals surface area (Å²) in [6.07, 6.45) is 6.30. The summed E-state index contributed by atoms with van der Waals surface area (Å²) in [6, 6.07) is 10.4. The van der Waals surface area contributed by atoms with Gasteiger partial charge >= 0.3 is 0 Å². The largest absolute Gasteiger partial charge is 0.491 e. The lowest BCUT2D eigenvalue weighted by molar-refractivity contribution is 0.360. The summed E-state index contributed by atoms with van der Waals surface area (Å²) in [5.74, 6) is -1.95. The lowest BCUT2D eigenvalue weighted by atomic mass is 10.1. The van der Waals surface area contributed by atoms with E-state index in [-0.39, 0.29) is 5.56 Å². The molecule has 0 heterocycles. The Balaban J connectivity index is 1.99. The van der Waals surface area contributed by atoms with Crippen LogP contribution < -0.4 is 4.74 Å². The van der Waals surface area contributed by atoms with Gasteiger partial charge in [-0.15, -0.1) is 0 Å². The monoisotopic (exact) mass is 330 g/mol. The number of nitrogens with zero attached hydrogens (tertiary/aromatic N) is 2. The van der Waals surface area contributed by atoms with Crippen LogP contribution >= 0.6 is 0 Å². The van der Waals surface area contributed by atoms with Crippen LogP contribution in [0.3, 0.4) is 0 Å². The van der Waals surface area contributed by atoms with E-state index in [2.05, 4.69) is 34.0 Å². The van der Waals surface area contributed by atoms with Gasteiger partial charge in [0.1, 0.15) is 0 Å². The molecule has 0 spiro atoms. The Morgan fingerprint density at radius 3 is 2.08 bits per heavy atom. The molecule has 0 saturated heterocycles. The summed E-state index contributed by atoms with van der Waals surface area (Å²) in [7, 11) is 1.22. The third-order valence-corrected chi connectivity index (χ3v) is 3.50. The predicted molar refractivity (Wildman–Crippen MR) is 93.2 cm³/mol. The van der Waals surface area contributed by atoms with Crippen LogP contribution in [-0.4, -0.2) is 19.5 Å². The Hall–Kier alpha value is -2.56. The zero-order valence-electron chi connectivity index (χ0n) is 13.8. The average Bonchev–Trinajstić information content (AvgIpc) is 2.58. The van der Waals surface area contributed by atoms with E-state index in [1.165, 1.54) is 31.7 Å². The molecule has 0 atom stereocenters. The maximum absolute atomic E-state index is 13.5. The molecule has 2 aromatic carbocycles. The molecule has 5 heteroatoms. The van der Waals surface area contributed by atoms with Gasteiger partial charge < -0.3 is 4.74 Å². The summed E-state index contributed by atoms with van der Waals surface area (Å²) in [5, 5.41) is 7.72. The Morgan fingerprint density at radius 1 is 0.958 bits per heavy atom. The van der Waals surface area contributed by atoms with Crippen molar-refractivity contribution >= 4 is 12.4 Å². The molecular formula is C19H20F2N2O. The highest BCUT2D eigenvalue weighted by Gasteiger charge is 2.10. The van der Waals surface area contributed by atoms with Crippen LogP contribution in [0.25, 0.3) is 0 Å². The molecule has 0 saturated carbocycles. The molecule has 0 aliphatic heterocycles. The Labute approximate surface area is 140 Å². The molecule has 0 bridgehead atoms. The number of ether oxygens (including phenoxy) is 1. The molecule has 24 heavy (non-hydrogen) atoms. The van der Waals surface area contributed by atoms with Crippen molar-refractivity contribution in [3.05, 3.63) is 64.7 Å². The minimum Gasteiger partial charge on any atom is -0.491 e. The maximum Gasteiger partial charge on any atom is 0.190 e. The fraction of sp³-hybridized carbons (Fsp3) is 0.263. The number of benzene rings is 2. The van der Waals surface area contributed by atoms with E-state index in [1.54, 1.807) is 6.21 Å². The summed E-state index contributed by atoms with van der Waals surface area (Å²) >= 11 is 0. The van der Waals surface area contributed by atoms with Crippen molar-refractivity contribution in [1.82, 2.24) is 0 Å². The molecule has 2 aromatic rings. The normalized spacial score (nSPS) is 11.5. The first-order chi connectivity index (χ1) is 11.6. The molecule has 0 aromatic heterocycles. The smallest absolute Gasteiger partial charge is 0.190 e. The Bertz CT molecular complexity index is 702. The summed E-state index contributed by atoms with van der Waals surface area (Å²) in [4.78, 5) is 0. The molecule has 126 valence electrons. The second-order valence-corrected chi connectivity index (χ2v) is 5.35. The number of halogens is 2. The van der Waals surface area contributed by atoms with Crippen LogP contribution in [0.5, 0.6) is 5.75 Å². The van der Waals surface area contributed by atoms with E-state index in [0.29, 0.717) is 0 Å². The molecule has 0 radical (unpaired) electrons. The summed E-state index contributed by atoms with van der Waals surface area (Å²) < 4.78 is 31.7. The van der Waals surface area contributed by atoms with E-state index in [1.807, 2.05) is 12.1 Å². The van der Waals surface area contributed by atoms with Gasteiger partial charge in [-0.05, 0) is 36.1 Å². The fourth-order valence-electron chi connectivity index (χ4n) is 2.20. The third kappa shape index (κ3) is 4.98. The summed E-state index contributed by atoms with van der Waals surface area (Å²) in [6.45, 7) is 2.17. The maximum atomic E-state index is 13.5. The van der Waals surface area contributed by atoms with E-state index in [0.717, 1.165) is 24.1 Å². The van der Waals surface area contributed by atoms with Gasteiger partial charge in [0.05, 0.1) is 19.5 Å². The fourth-order valence-corrected chi connectivity index (χ4v) is 2.20. The first kappa shape index (κ1) is 17.8. The molecule has 2 rings (SSSR count). The summed E-state index contributed by atoms with van der Waals surface area (Å²) in [5.41, 5.74) is 2.49. The van der Waals surface area contributed by atoms with Crippen LogP contribution in [-0.2, 0) is 6.42 Å². The Kier molecular flexibility index (Phi) is 6.61. The van der Waals surface area contributed by atoms with Crippen molar-refractivity contribution < 1.29 is 13.5 Å². The second kappa shape index (κ2) is 8.91. The zero-order valence-corrected chi connectivity index (χ0v) is 13.8. The van der Waals surface area contributed by atoms with E-state index in [4.69, 9.17) is 0 Å². The zero-order chi connectivity index (χ0) is 17.4. The minimum absolute atomic E-state index is 0.276. The second-order valence-electron chi connectivity index (χ2n) is 5.35. The Morgan fingerprint density at radius 2 is 1.54 bits per heavy atom. The SMILES string of the molecule is CCCCc1ccc(/C=N/N=C/c2cc(F)c(OC)c(F)c2)cc1. The lowest BCUT2D eigenvalue weighted by Gasteiger charge is -2.03. The van der Waals surface area contributed by atoms with Gasteiger partial charge in [-0.2, -0.15) is 10.2 Å². The molecule has 3 nitrogen and oxygen atoms in total. The van der Waals surface area contributed by atoms with Gasteiger partial charge in [-0.25, -0.2) is 8.78 Å². The number of hydrogen-bond donors (Lipinski definition) is 0. The molecule has 0 amide bonds. The number of rotatable bonds is 7. The van der Waals surface area contributed by atoms with Crippen molar-refractivity contribution in [2.24, 2.45) is 10.2 Å². The topological polar surface area (TPSA) is 34.0 Å². The minimum atomic E-state index is -0.773. The molecule has 0 unspecified atom stereocenters. The third-order valence-electron chi connectivity index (χ3n) is 3.50. The average molecular weight is 330 g/mol. The highest BCUT2D eigenvalue weighted by molar-refractivity contribution is 5.82. The van der Waals surface area contributed by atoms with Crippen LogP contribution in [0.2, 0.25) is 0 Å². The number of aryl methyl sites for hydroxylation is 1. The first-order valence-corrected chi connectivity index (χ1v) is 7.82. The van der Waals surface area contributed by atoms with Crippen molar-refractivity contribution in [3.63, 3.8) is 0 Å². The van der Waals surface area contributed by atoms with Crippen LogP contribution in [0.1, 0.15) is 36.5 Å². The van der Waals surface area contributed by atoms with Gasteiger partial charge in [-0.3, -0.25) is 0 Å². The van der Waals surface area contributed by atoms with Gasteiger partial charge in [0.25, 0.3) is 0 Å². The van der Waals surface area contributed by atoms with Crippen LogP contribution in [0, 0.1) is 11.6 Å². The van der Waals surface area contributed by atoms with Gasteiger partial charge in [0.2, 0.25) is 0 Å². The predicted octanol–water partition coefficient (Wildman–Crippen LogP) is 4.77. The van der Waals surface area contributed by atoms with Gasteiger partial charge in [0.15, 0.2) is 17.4 Å². The van der Waals surface area contributed by atoms with Crippen molar-refractivity contribution in [2.45, 2.75) is 26.2 Å². The van der Waals surface area contributed by atoms with Crippen LogP contribution in [0.15, 0.2) is 46.6 Å². The first-order valence-electron chi connectivity index (χ1n) is 7.82. The molecule has 0 fully saturated rings. The molecular weight excluding hydrogens is 310 g/mol. The lowest BCUT2D eigenvalue weighted by Crippen LogP contribution is -1.95. The molecule has 0 N–H and O–H groups in total. The van der Waals surface area contributed by atoms with Crippen molar-refractivity contribution in [1.29, 1.82) is 0 Å².